The highest BCUT2D eigenvalue weighted by Crippen LogP contribution is 2.32. The zero-order chi connectivity index (χ0) is 14.7. The first-order chi connectivity index (χ1) is 9.54. The first-order valence-electron chi connectivity index (χ1n) is 6.89. The molecule has 1 aliphatic rings. The van der Waals surface area contributed by atoms with Crippen molar-refractivity contribution in [3.63, 3.8) is 0 Å². The van der Waals surface area contributed by atoms with Gasteiger partial charge >= 0.3 is 0 Å². The lowest BCUT2D eigenvalue weighted by atomic mass is 10.1. The van der Waals surface area contributed by atoms with Crippen molar-refractivity contribution in [3.05, 3.63) is 23.8 Å². The molecule has 0 aliphatic carbocycles. The molecule has 1 heterocycles. The van der Waals surface area contributed by atoms with Crippen LogP contribution in [0.5, 0.6) is 11.5 Å². The number of phenolic OH excluding ortho intramolecular Hbond substituents is 1. The summed E-state index contributed by atoms with van der Waals surface area (Å²) in [5.74, 6) is -0.0330. The van der Waals surface area contributed by atoms with Crippen LogP contribution in [0.25, 0.3) is 0 Å². The SMILES string of the molecule is COc1cccc(C(=O)N2CCCC2CC(C)O)c1O. The van der Waals surface area contributed by atoms with Crippen molar-refractivity contribution in [1.29, 1.82) is 0 Å². The zero-order valence-corrected chi connectivity index (χ0v) is 11.9. The van der Waals surface area contributed by atoms with Crippen LogP contribution in [0, 0.1) is 0 Å². The van der Waals surface area contributed by atoms with Crippen LogP contribution in [0.2, 0.25) is 0 Å². The van der Waals surface area contributed by atoms with E-state index in [9.17, 15) is 15.0 Å². The number of benzene rings is 1. The molecule has 0 spiro atoms. The van der Waals surface area contributed by atoms with Crippen LogP contribution < -0.4 is 4.74 Å². The number of hydrogen-bond acceptors (Lipinski definition) is 4. The lowest BCUT2D eigenvalue weighted by molar-refractivity contribution is 0.0678. The minimum atomic E-state index is -0.438. The fraction of sp³-hybridized carbons (Fsp3) is 0.533. The summed E-state index contributed by atoms with van der Waals surface area (Å²) in [4.78, 5) is 14.3. The van der Waals surface area contributed by atoms with Crippen molar-refractivity contribution in [3.8, 4) is 11.5 Å². The quantitative estimate of drug-likeness (QED) is 0.881. The predicted octanol–water partition coefficient (Wildman–Crippen LogP) is 1.78. The molecule has 1 saturated heterocycles. The number of rotatable bonds is 4. The second-order valence-corrected chi connectivity index (χ2v) is 5.24. The highest BCUT2D eigenvalue weighted by atomic mass is 16.5. The summed E-state index contributed by atoms with van der Waals surface area (Å²) in [6.07, 6.45) is 1.94. The Morgan fingerprint density at radius 3 is 2.95 bits per heavy atom. The summed E-state index contributed by atoms with van der Waals surface area (Å²) in [6.45, 7) is 2.39. The zero-order valence-electron chi connectivity index (χ0n) is 11.9. The molecule has 0 saturated carbocycles. The number of methoxy groups -OCH3 is 1. The van der Waals surface area contributed by atoms with E-state index in [0.29, 0.717) is 18.7 Å². The molecule has 110 valence electrons. The number of carbonyl (C=O) groups is 1. The van der Waals surface area contributed by atoms with Crippen LogP contribution in [-0.2, 0) is 0 Å². The molecule has 1 amide bonds. The molecule has 0 radical (unpaired) electrons. The molecule has 1 aromatic carbocycles. The van der Waals surface area contributed by atoms with E-state index in [0.717, 1.165) is 12.8 Å². The number of phenols is 1. The standard InChI is InChI=1S/C15H21NO4/c1-10(17)9-11-5-4-8-16(11)15(19)12-6-3-7-13(20-2)14(12)18/h3,6-7,10-11,17-18H,4-5,8-9H2,1-2H3. The molecule has 1 aliphatic heterocycles. The summed E-state index contributed by atoms with van der Waals surface area (Å²) >= 11 is 0. The largest absolute Gasteiger partial charge is 0.504 e. The van der Waals surface area contributed by atoms with Gasteiger partial charge in [-0.2, -0.15) is 0 Å². The average molecular weight is 279 g/mol. The summed E-state index contributed by atoms with van der Waals surface area (Å²) in [5.41, 5.74) is 0.252. The third-order valence-corrected chi connectivity index (χ3v) is 3.70. The number of likely N-dealkylation sites (tertiary alicyclic amines) is 1. The smallest absolute Gasteiger partial charge is 0.258 e. The van der Waals surface area contributed by atoms with Crippen molar-refractivity contribution in [1.82, 2.24) is 4.90 Å². The fourth-order valence-corrected chi connectivity index (χ4v) is 2.76. The van der Waals surface area contributed by atoms with Crippen molar-refractivity contribution >= 4 is 5.91 Å². The second-order valence-electron chi connectivity index (χ2n) is 5.24. The summed E-state index contributed by atoms with van der Waals surface area (Å²) < 4.78 is 5.03. The first-order valence-corrected chi connectivity index (χ1v) is 6.89. The maximum atomic E-state index is 12.6. The van der Waals surface area contributed by atoms with Crippen molar-refractivity contribution < 1.29 is 19.7 Å². The van der Waals surface area contributed by atoms with E-state index >= 15 is 0 Å². The molecule has 20 heavy (non-hydrogen) atoms. The number of amides is 1. The Morgan fingerprint density at radius 1 is 1.55 bits per heavy atom. The number of aromatic hydroxyl groups is 1. The van der Waals surface area contributed by atoms with Crippen LogP contribution >= 0.6 is 0 Å². The molecule has 1 aromatic rings. The van der Waals surface area contributed by atoms with Gasteiger partial charge in [0.1, 0.15) is 0 Å². The number of para-hydroxylation sites is 1. The Hall–Kier alpha value is -1.75. The van der Waals surface area contributed by atoms with E-state index in [1.807, 2.05) is 0 Å². The maximum Gasteiger partial charge on any atom is 0.258 e. The van der Waals surface area contributed by atoms with Crippen LogP contribution in [0.4, 0.5) is 0 Å². The Bertz CT molecular complexity index is 487. The number of aliphatic hydroxyl groups is 1. The topological polar surface area (TPSA) is 70.0 Å². The number of ether oxygens (including phenoxy) is 1. The number of aliphatic hydroxyl groups excluding tert-OH is 1. The van der Waals surface area contributed by atoms with E-state index < -0.39 is 6.10 Å². The Labute approximate surface area is 118 Å². The second kappa shape index (κ2) is 6.13. The highest BCUT2D eigenvalue weighted by Gasteiger charge is 2.31. The van der Waals surface area contributed by atoms with Crippen molar-refractivity contribution in [2.45, 2.75) is 38.3 Å². The molecule has 1 fully saturated rings. The minimum Gasteiger partial charge on any atom is -0.504 e. The summed E-state index contributed by atoms with van der Waals surface area (Å²) in [5, 5.41) is 19.6. The van der Waals surface area contributed by atoms with Gasteiger partial charge in [0.25, 0.3) is 5.91 Å². The van der Waals surface area contributed by atoms with Gasteiger partial charge in [-0.15, -0.1) is 0 Å². The van der Waals surface area contributed by atoms with Gasteiger partial charge in [-0.05, 0) is 38.3 Å². The molecule has 5 nitrogen and oxygen atoms in total. The lowest BCUT2D eigenvalue weighted by Crippen LogP contribution is -2.37. The maximum absolute atomic E-state index is 12.6. The van der Waals surface area contributed by atoms with E-state index in [2.05, 4.69) is 0 Å². The monoisotopic (exact) mass is 279 g/mol. The first kappa shape index (κ1) is 14.7. The molecule has 2 atom stereocenters. The number of hydrogen-bond donors (Lipinski definition) is 2. The van der Waals surface area contributed by atoms with Crippen LogP contribution in [0.3, 0.4) is 0 Å². The molecular weight excluding hydrogens is 258 g/mol. The molecular formula is C15H21NO4. The van der Waals surface area contributed by atoms with Gasteiger partial charge in [-0.1, -0.05) is 6.07 Å². The van der Waals surface area contributed by atoms with Crippen LogP contribution in [0.1, 0.15) is 36.5 Å². The summed E-state index contributed by atoms with van der Waals surface area (Å²) in [7, 11) is 1.45. The van der Waals surface area contributed by atoms with Crippen LogP contribution in [-0.4, -0.2) is 46.8 Å². The van der Waals surface area contributed by atoms with Gasteiger partial charge in [0, 0.05) is 12.6 Å². The Kier molecular flexibility index (Phi) is 4.49. The lowest BCUT2D eigenvalue weighted by Gasteiger charge is -2.26. The molecule has 0 bridgehead atoms. The molecule has 2 rings (SSSR count). The molecule has 0 aromatic heterocycles. The molecule has 2 N–H and O–H groups in total. The van der Waals surface area contributed by atoms with Crippen molar-refractivity contribution in [2.75, 3.05) is 13.7 Å². The van der Waals surface area contributed by atoms with Gasteiger partial charge < -0.3 is 19.8 Å². The van der Waals surface area contributed by atoms with Crippen LogP contribution in [0.15, 0.2) is 18.2 Å². The normalized spacial score (nSPS) is 19.9. The van der Waals surface area contributed by atoms with Gasteiger partial charge in [-0.3, -0.25) is 4.79 Å². The van der Waals surface area contributed by atoms with Gasteiger partial charge in [0.2, 0.25) is 0 Å². The number of nitrogens with zero attached hydrogens (tertiary/aromatic N) is 1. The van der Waals surface area contributed by atoms with Gasteiger partial charge in [-0.25, -0.2) is 0 Å². The third kappa shape index (κ3) is 2.88. The predicted molar refractivity (Wildman–Crippen MR) is 75.0 cm³/mol. The van der Waals surface area contributed by atoms with E-state index in [1.54, 1.807) is 30.0 Å². The third-order valence-electron chi connectivity index (χ3n) is 3.70. The van der Waals surface area contributed by atoms with E-state index in [1.165, 1.54) is 7.11 Å². The van der Waals surface area contributed by atoms with Gasteiger partial charge in [0.15, 0.2) is 11.5 Å². The van der Waals surface area contributed by atoms with E-state index in [-0.39, 0.29) is 23.3 Å². The summed E-state index contributed by atoms with van der Waals surface area (Å²) in [6, 6.07) is 4.93. The molecule has 2 unspecified atom stereocenters. The highest BCUT2D eigenvalue weighted by molar-refractivity contribution is 5.98. The Morgan fingerprint density at radius 2 is 2.30 bits per heavy atom. The fourth-order valence-electron chi connectivity index (χ4n) is 2.76. The van der Waals surface area contributed by atoms with Crippen molar-refractivity contribution in [2.24, 2.45) is 0 Å². The number of carbonyl (C=O) groups excluding carboxylic acids is 1. The molecule has 5 heteroatoms. The van der Waals surface area contributed by atoms with Gasteiger partial charge in [0.05, 0.1) is 18.8 Å². The van der Waals surface area contributed by atoms with E-state index in [4.69, 9.17) is 4.74 Å². The minimum absolute atomic E-state index is 0.0353. The average Bonchev–Trinajstić information content (AvgIpc) is 2.85. The Balaban J connectivity index is 2.22.